The lowest BCUT2D eigenvalue weighted by molar-refractivity contribution is -0.307. The molecular formula is C13H18F5NO4. The molecule has 2 unspecified atom stereocenters. The van der Waals surface area contributed by atoms with Gasteiger partial charge < -0.3 is 14.7 Å². The first-order chi connectivity index (χ1) is 10.1. The highest BCUT2D eigenvalue weighted by atomic mass is 19.4. The largest absolute Gasteiger partial charge is 0.481 e. The van der Waals surface area contributed by atoms with Crippen LogP contribution in [-0.2, 0) is 9.53 Å². The summed E-state index contributed by atoms with van der Waals surface area (Å²) >= 11 is 0. The molecule has 1 aliphatic heterocycles. The standard InChI is InChI=1S/C13H18F5NO4/c1-11(2,3)23-10(22)19-5-7(9(20)21)4-8(6-19)12(14,15)13(16,17)18/h7-8H,4-6H2,1-3H3,(H,20,21). The summed E-state index contributed by atoms with van der Waals surface area (Å²) < 4.78 is 69.5. The molecule has 2 atom stereocenters. The van der Waals surface area contributed by atoms with Gasteiger partial charge >= 0.3 is 24.2 Å². The third kappa shape index (κ3) is 4.68. The predicted molar refractivity (Wildman–Crippen MR) is 68.0 cm³/mol. The van der Waals surface area contributed by atoms with Gasteiger partial charge in [-0.2, -0.15) is 22.0 Å². The maximum absolute atomic E-state index is 13.5. The highest BCUT2D eigenvalue weighted by Gasteiger charge is 2.63. The Bertz CT molecular complexity index is 472. The summed E-state index contributed by atoms with van der Waals surface area (Å²) in [7, 11) is 0. The van der Waals surface area contributed by atoms with Crippen molar-refractivity contribution in [1.29, 1.82) is 0 Å². The van der Waals surface area contributed by atoms with Gasteiger partial charge in [0.2, 0.25) is 0 Å². The topological polar surface area (TPSA) is 66.8 Å². The number of halogens is 5. The third-order valence-corrected chi connectivity index (χ3v) is 3.34. The fourth-order valence-corrected chi connectivity index (χ4v) is 2.25. The van der Waals surface area contributed by atoms with Crippen LogP contribution in [0.5, 0.6) is 0 Å². The molecule has 0 aromatic heterocycles. The van der Waals surface area contributed by atoms with Crippen molar-refractivity contribution in [2.24, 2.45) is 11.8 Å². The van der Waals surface area contributed by atoms with Gasteiger partial charge in [0.25, 0.3) is 0 Å². The second-order valence-electron chi connectivity index (χ2n) is 6.47. The zero-order chi connectivity index (χ0) is 18.2. The fraction of sp³-hybridized carbons (Fsp3) is 0.846. The number of hydrogen-bond acceptors (Lipinski definition) is 3. The van der Waals surface area contributed by atoms with Crippen molar-refractivity contribution < 1.29 is 41.4 Å². The SMILES string of the molecule is CC(C)(C)OC(=O)N1CC(C(=O)O)CC(C(F)(F)C(F)(F)F)C1. The fourth-order valence-electron chi connectivity index (χ4n) is 2.25. The Morgan fingerprint density at radius 2 is 1.61 bits per heavy atom. The van der Waals surface area contributed by atoms with Crippen molar-refractivity contribution in [2.45, 2.75) is 44.9 Å². The van der Waals surface area contributed by atoms with Crippen LogP contribution in [0.25, 0.3) is 0 Å². The number of piperidine rings is 1. The van der Waals surface area contributed by atoms with E-state index < -0.39 is 61.1 Å². The number of carboxylic acids is 1. The van der Waals surface area contributed by atoms with E-state index in [0.717, 1.165) is 0 Å². The Morgan fingerprint density at radius 1 is 1.09 bits per heavy atom. The van der Waals surface area contributed by atoms with Crippen LogP contribution < -0.4 is 0 Å². The zero-order valence-electron chi connectivity index (χ0n) is 12.8. The summed E-state index contributed by atoms with van der Waals surface area (Å²) in [4.78, 5) is 23.5. The van der Waals surface area contributed by atoms with Crippen LogP contribution in [0.1, 0.15) is 27.2 Å². The first kappa shape index (κ1) is 19.4. The van der Waals surface area contributed by atoms with E-state index in [4.69, 9.17) is 9.84 Å². The molecule has 134 valence electrons. The van der Waals surface area contributed by atoms with Gasteiger partial charge in [0, 0.05) is 13.1 Å². The minimum atomic E-state index is -5.82. The lowest BCUT2D eigenvalue weighted by atomic mass is 9.85. The van der Waals surface area contributed by atoms with Crippen molar-refractivity contribution in [3.8, 4) is 0 Å². The summed E-state index contributed by atoms with van der Waals surface area (Å²) in [6, 6.07) is 0. The van der Waals surface area contributed by atoms with E-state index in [1.807, 2.05) is 0 Å². The molecule has 0 spiro atoms. The van der Waals surface area contributed by atoms with Crippen molar-refractivity contribution in [3.63, 3.8) is 0 Å². The van der Waals surface area contributed by atoms with Gasteiger partial charge in [-0.25, -0.2) is 4.79 Å². The minimum absolute atomic E-state index is 0.477. The molecular weight excluding hydrogens is 329 g/mol. The molecule has 0 bridgehead atoms. The molecule has 1 amide bonds. The average molecular weight is 347 g/mol. The summed E-state index contributed by atoms with van der Waals surface area (Å²) in [5.74, 6) is -10.5. The van der Waals surface area contributed by atoms with Crippen LogP contribution in [0.4, 0.5) is 26.7 Å². The van der Waals surface area contributed by atoms with Gasteiger partial charge in [0.15, 0.2) is 0 Å². The van der Waals surface area contributed by atoms with Crippen LogP contribution >= 0.6 is 0 Å². The van der Waals surface area contributed by atoms with Crippen LogP contribution in [-0.4, -0.2) is 52.9 Å². The van der Waals surface area contributed by atoms with E-state index in [1.54, 1.807) is 0 Å². The van der Waals surface area contributed by atoms with Crippen molar-refractivity contribution in [3.05, 3.63) is 0 Å². The number of carboxylic acid groups (broad SMARTS) is 1. The highest BCUT2D eigenvalue weighted by molar-refractivity contribution is 5.73. The minimum Gasteiger partial charge on any atom is -0.481 e. The van der Waals surface area contributed by atoms with E-state index in [9.17, 15) is 31.5 Å². The van der Waals surface area contributed by atoms with Crippen LogP contribution in [0, 0.1) is 11.8 Å². The molecule has 1 N–H and O–H groups in total. The van der Waals surface area contributed by atoms with Gasteiger partial charge in [0.05, 0.1) is 11.8 Å². The Hall–Kier alpha value is -1.61. The Balaban J connectivity index is 3.03. The molecule has 1 heterocycles. The molecule has 0 aromatic carbocycles. The van der Waals surface area contributed by atoms with Gasteiger partial charge in [-0.3, -0.25) is 4.79 Å². The first-order valence-electron chi connectivity index (χ1n) is 6.80. The lowest BCUT2D eigenvalue weighted by Crippen LogP contribution is -2.55. The highest BCUT2D eigenvalue weighted by Crippen LogP contribution is 2.45. The van der Waals surface area contributed by atoms with Gasteiger partial charge in [0.1, 0.15) is 5.60 Å². The Kier molecular flexibility index (Phi) is 5.17. The van der Waals surface area contributed by atoms with Crippen LogP contribution in [0.15, 0.2) is 0 Å². The van der Waals surface area contributed by atoms with E-state index in [-0.39, 0.29) is 0 Å². The summed E-state index contributed by atoms with van der Waals surface area (Å²) in [6.45, 7) is 3.07. The first-order valence-corrected chi connectivity index (χ1v) is 6.80. The van der Waals surface area contributed by atoms with E-state index in [2.05, 4.69) is 0 Å². The van der Waals surface area contributed by atoms with Gasteiger partial charge in [-0.15, -0.1) is 0 Å². The Labute approximate surface area is 129 Å². The molecule has 0 saturated carbocycles. The summed E-state index contributed by atoms with van der Waals surface area (Å²) in [5.41, 5.74) is -0.991. The van der Waals surface area contributed by atoms with E-state index >= 15 is 0 Å². The third-order valence-electron chi connectivity index (χ3n) is 3.34. The number of ether oxygens (including phenoxy) is 1. The van der Waals surface area contributed by atoms with Crippen molar-refractivity contribution in [1.82, 2.24) is 4.90 Å². The van der Waals surface area contributed by atoms with Crippen LogP contribution in [0.2, 0.25) is 0 Å². The Morgan fingerprint density at radius 3 is 2.00 bits per heavy atom. The smallest absolute Gasteiger partial charge is 0.453 e. The molecule has 10 heteroatoms. The monoisotopic (exact) mass is 347 g/mol. The number of carbonyl (C=O) groups excluding carboxylic acids is 1. The van der Waals surface area contributed by atoms with E-state index in [1.165, 1.54) is 20.8 Å². The number of carbonyl (C=O) groups is 2. The number of nitrogens with zero attached hydrogens (tertiary/aromatic N) is 1. The van der Waals surface area contributed by atoms with Gasteiger partial charge in [-0.05, 0) is 27.2 Å². The normalized spacial score (nSPS) is 23.6. The molecule has 0 radical (unpaired) electrons. The number of hydrogen-bond donors (Lipinski definition) is 1. The number of aliphatic carboxylic acids is 1. The van der Waals surface area contributed by atoms with E-state index in [0.29, 0.717) is 4.90 Å². The average Bonchev–Trinajstić information content (AvgIpc) is 2.34. The second-order valence-corrected chi connectivity index (χ2v) is 6.47. The molecule has 1 rings (SSSR count). The van der Waals surface area contributed by atoms with Gasteiger partial charge in [-0.1, -0.05) is 0 Å². The quantitative estimate of drug-likeness (QED) is 0.780. The maximum atomic E-state index is 13.5. The number of amides is 1. The van der Waals surface area contributed by atoms with Crippen molar-refractivity contribution >= 4 is 12.1 Å². The lowest BCUT2D eigenvalue weighted by Gasteiger charge is -2.40. The molecule has 5 nitrogen and oxygen atoms in total. The molecule has 1 aliphatic rings. The van der Waals surface area contributed by atoms with Crippen molar-refractivity contribution in [2.75, 3.05) is 13.1 Å². The molecule has 0 aliphatic carbocycles. The summed E-state index contributed by atoms with van der Waals surface area (Å²) in [5, 5.41) is 8.95. The molecule has 23 heavy (non-hydrogen) atoms. The number of alkyl halides is 5. The molecule has 1 saturated heterocycles. The molecule has 0 aromatic rings. The number of likely N-dealkylation sites (tertiary alicyclic amines) is 1. The zero-order valence-corrected chi connectivity index (χ0v) is 12.8. The summed E-state index contributed by atoms with van der Waals surface area (Å²) in [6.07, 6.45) is -7.81. The molecule has 1 fully saturated rings. The number of rotatable bonds is 2. The predicted octanol–water partition coefficient (Wildman–Crippen LogP) is 3.14. The second kappa shape index (κ2) is 6.12. The maximum Gasteiger partial charge on any atom is 0.453 e. The van der Waals surface area contributed by atoms with Crippen LogP contribution in [0.3, 0.4) is 0 Å².